The van der Waals surface area contributed by atoms with Gasteiger partial charge in [0.25, 0.3) is 10.0 Å². The van der Waals surface area contributed by atoms with E-state index in [9.17, 15) is 17.6 Å². The Morgan fingerprint density at radius 2 is 1.65 bits per heavy atom. The monoisotopic (exact) mass is 449 g/mol. The highest BCUT2D eigenvalue weighted by Crippen LogP contribution is 2.32. The summed E-state index contributed by atoms with van der Waals surface area (Å²) >= 11 is 0. The zero-order chi connectivity index (χ0) is 22.8. The number of hydrogen-bond donors (Lipinski definition) is 1. The third kappa shape index (κ3) is 5.66. The number of hydrogen-bond acceptors (Lipinski definition) is 5. The fourth-order valence-corrected chi connectivity index (χ4v) is 4.33. The molecule has 3 rings (SSSR count). The van der Waals surface area contributed by atoms with Gasteiger partial charge in [0.1, 0.15) is 17.1 Å². The minimum atomic E-state index is -3.96. The van der Waals surface area contributed by atoms with Crippen LogP contribution >= 0.6 is 0 Å². The number of carbonyl (C=O) groups is 1. The molecule has 1 saturated heterocycles. The molecule has 0 radical (unpaired) electrons. The molecular formula is C22H28FN3O4S. The molecule has 0 bridgehead atoms. The van der Waals surface area contributed by atoms with Crippen LogP contribution in [0.1, 0.15) is 26.3 Å². The summed E-state index contributed by atoms with van der Waals surface area (Å²) in [5, 5.41) is 0. The third-order valence-electron chi connectivity index (χ3n) is 4.83. The summed E-state index contributed by atoms with van der Waals surface area (Å²) in [4.78, 5) is 15.8. The van der Waals surface area contributed by atoms with Crippen molar-refractivity contribution in [2.24, 2.45) is 0 Å². The van der Waals surface area contributed by atoms with Crippen LogP contribution in [0.3, 0.4) is 0 Å². The number of nitrogens with zero attached hydrogens (tertiary/aromatic N) is 2. The number of anilines is 2. The minimum Gasteiger partial charge on any atom is -0.444 e. The van der Waals surface area contributed by atoms with Crippen molar-refractivity contribution < 1.29 is 22.3 Å². The van der Waals surface area contributed by atoms with Crippen molar-refractivity contribution in [2.75, 3.05) is 35.8 Å². The molecule has 1 aliphatic rings. The van der Waals surface area contributed by atoms with Crippen molar-refractivity contribution in [1.29, 1.82) is 0 Å². The number of halogens is 1. The van der Waals surface area contributed by atoms with Gasteiger partial charge in [-0.1, -0.05) is 23.8 Å². The highest BCUT2D eigenvalue weighted by molar-refractivity contribution is 7.92. The molecule has 2 aromatic rings. The number of amides is 1. The van der Waals surface area contributed by atoms with Gasteiger partial charge >= 0.3 is 6.09 Å². The van der Waals surface area contributed by atoms with E-state index in [1.165, 1.54) is 24.3 Å². The summed E-state index contributed by atoms with van der Waals surface area (Å²) in [5.41, 5.74) is 0.666. The van der Waals surface area contributed by atoms with Crippen molar-refractivity contribution in [1.82, 2.24) is 4.90 Å². The van der Waals surface area contributed by atoms with Gasteiger partial charge in [0.15, 0.2) is 0 Å². The number of para-hydroxylation sites is 1. The summed E-state index contributed by atoms with van der Waals surface area (Å²) in [5.74, 6) is -0.664. The van der Waals surface area contributed by atoms with E-state index in [0.29, 0.717) is 31.9 Å². The molecule has 0 aliphatic carbocycles. The Kier molecular flexibility index (Phi) is 6.45. The first-order valence-electron chi connectivity index (χ1n) is 10.1. The zero-order valence-electron chi connectivity index (χ0n) is 18.2. The average molecular weight is 450 g/mol. The van der Waals surface area contributed by atoms with Gasteiger partial charge in [0.2, 0.25) is 0 Å². The van der Waals surface area contributed by atoms with Crippen molar-refractivity contribution in [3.8, 4) is 0 Å². The maximum Gasteiger partial charge on any atom is 0.410 e. The van der Waals surface area contributed by atoms with Gasteiger partial charge in [-0.2, -0.15) is 0 Å². The Morgan fingerprint density at radius 3 is 2.23 bits per heavy atom. The maximum absolute atomic E-state index is 14.7. The molecule has 0 spiro atoms. The maximum atomic E-state index is 14.7. The van der Waals surface area contributed by atoms with Crippen molar-refractivity contribution in [2.45, 2.75) is 38.2 Å². The van der Waals surface area contributed by atoms with Crippen LogP contribution in [0.25, 0.3) is 0 Å². The number of benzene rings is 2. The van der Waals surface area contributed by atoms with E-state index in [4.69, 9.17) is 4.74 Å². The molecule has 0 atom stereocenters. The van der Waals surface area contributed by atoms with E-state index in [1.54, 1.807) is 43.9 Å². The molecule has 1 heterocycles. The van der Waals surface area contributed by atoms with Crippen LogP contribution < -0.4 is 9.62 Å². The lowest BCUT2D eigenvalue weighted by molar-refractivity contribution is 0.0240. The minimum absolute atomic E-state index is 0.0575. The SMILES string of the molecule is Cc1ccc(S(=O)(=O)Nc2c(F)cccc2N2CCN(C(=O)OC(C)(C)C)CC2)cc1. The third-order valence-corrected chi connectivity index (χ3v) is 6.20. The summed E-state index contributed by atoms with van der Waals surface area (Å²) in [6.07, 6.45) is -0.397. The number of piperazine rings is 1. The zero-order valence-corrected chi connectivity index (χ0v) is 19.0. The Labute approximate surface area is 182 Å². The fourth-order valence-electron chi connectivity index (χ4n) is 3.24. The molecule has 7 nitrogen and oxygen atoms in total. The van der Waals surface area contributed by atoms with Crippen LogP contribution in [0.2, 0.25) is 0 Å². The Morgan fingerprint density at radius 1 is 1.03 bits per heavy atom. The fraction of sp³-hybridized carbons (Fsp3) is 0.409. The van der Waals surface area contributed by atoms with Crippen LogP contribution in [0.15, 0.2) is 47.4 Å². The highest BCUT2D eigenvalue weighted by Gasteiger charge is 2.28. The Bertz CT molecular complexity index is 1040. The number of sulfonamides is 1. The molecule has 9 heteroatoms. The number of ether oxygens (including phenoxy) is 1. The molecule has 1 fully saturated rings. The van der Waals surface area contributed by atoms with E-state index in [-0.39, 0.29) is 10.6 Å². The Balaban J connectivity index is 1.78. The molecule has 1 aliphatic heterocycles. The quantitative estimate of drug-likeness (QED) is 0.764. The molecule has 0 saturated carbocycles. The molecule has 168 valence electrons. The van der Waals surface area contributed by atoms with Gasteiger partial charge in [-0.15, -0.1) is 0 Å². The first kappa shape index (κ1) is 22.9. The number of aryl methyl sites for hydroxylation is 1. The molecule has 1 amide bonds. The lowest BCUT2D eigenvalue weighted by Crippen LogP contribution is -2.50. The summed E-state index contributed by atoms with van der Waals surface area (Å²) in [6, 6.07) is 10.8. The first-order valence-corrected chi connectivity index (χ1v) is 11.6. The topological polar surface area (TPSA) is 79.0 Å². The molecule has 31 heavy (non-hydrogen) atoms. The summed E-state index contributed by atoms with van der Waals surface area (Å²) in [7, 11) is -3.96. The van der Waals surface area contributed by atoms with E-state index < -0.39 is 27.5 Å². The van der Waals surface area contributed by atoms with E-state index in [0.717, 1.165) is 5.56 Å². The van der Waals surface area contributed by atoms with Crippen LogP contribution in [0, 0.1) is 12.7 Å². The molecule has 2 aromatic carbocycles. The van der Waals surface area contributed by atoms with Crippen molar-refractivity contribution in [3.05, 3.63) is 53.8 Å². The van der Waals surface area contributed by atoms with Gasteiger partial charge in [-0.25, -0.2) is 17.6 Å². The smallest absolute Gasteiger partial charge is 0.410 e. The van der Waals surface area contributed by atoms with Crippen molar-refractivity contribution in [3.63, 3.8) is 0 Å². The van der Waals surface area contributed by atoms with Crippen molar-refractivity contribution >= 4 is 27.5 Å². The summed E-state index contributed by atoms with van der Waals surface area (Å²) in [6.45, 7) is 8.88. The van der Waals surface area contributed by atoms with Gasteiger partial charge < -0.3 is 14.5 Å². The number of carbonyl (C=O) groups excluding carboxylic acids is 1. The van der Waals surface area contributed by atoms with Crippen LogP contribution in [0.5, 0.6) is 0 Å². The van der Waals surface area contributed by atoms with Gasteiger partial charge in [-0.3, -0.25) is 4.72 Å². The van der Waals surface area contributed by atoms with E-state index >= 15 is 0 Å². The van der Waals surface area contributed by atoms with E-state index in [1.807, 2.05) is 11.8 Å². The lowest BCUT2D eigenvalue weighted by atomic mass is 10.2. The predicted molar refractivity (Wildman–Crippen MR) is 118 cm³/mol. The van der Waals surface area contributed by atoms with E-state index in [2.05, 4.69) is 4.72 Å². The molecule has 0 unspecified atom stereocenters. The second-order valence-corrected chi connectivity index (χ2v) is 10.2. The van der Waals surface area contributed by atoms with Gasteiger partial charge in [-0.05, 0) is 52.0 Å². The second-order valence-electron chi connectivity index (χ2n) is 8.51. The molecular weight excluding hydrogens is 421 g/mol. The lowest BCUT2D eigenvalue weighted by Gasteiger charge is -2.37. The normalized spacial score (nSPS) is 15.0. The Hall–Kier alpha value is -2.81. The predicted octanol–water partition coefficient (Wildman–Crippen LogP) is 3.99. The summed E-state index contributed by atoms with van der Waals surface area (Å²) < 4.78 is 48.1. The van der Waals surface area contributed by atoms with Crippen LogP contribution in [-0.2, 0) is 14.8 Å². The van der Waals surface area contributed by atoms with Crippen LogP contribution in [-0.4, -0.2) is 51.2 Å². The number of nitrogens with one attached hydrogen (secondary N) is 1. The first-order chi connectivity index (χ1) is 14.5. The second kappa shape index (κ2) is 8.74. The number of rotatable bonds is 4. The largest absolute Gasteiger partial charge is 0.444 e. The molecule has 0 aromatic heterocycles. The standard InChI is InChI=1S/C22H28FN3O4S/c1-16-8-10-17(11-9-16)31(28,29)24-20-18(23)6-5-7-19(20)25-12-14-26(15-13-25)21(27)30-22(2,3)4/h5-11,24H,12-15H2,1-4H3. The highest BCUT2D eigenvalue weighted by atomic mass is 32.2. The van der Waals surface area contributed by atoms with Gasteiger partial charge in [0, 0.05) is 26.2 Å². The molecule has 1 N–H and O–H groups in total. The van der Waals surface area contributed by atoms with Crippen LogP contribution in [0.4, 0.5) is 20.6 Å². The average Bonchev–Trinajstić information content (AvgIpc) is 2.68. The van der Waals surface area contributed by atoms with Gasteiger partial charge in [0.05, 0.1) is 10.6 Å².